The van der Waals surface area contributed by atoms with Crippen LogP contribution in [-0.4, -0.2) is 42.0 Å². The predicted octanol–water partition coefficient (Wildman–Crippen LogP) is 1.53. The molecule has 1 atom stereocenters. The van der Waals surface area contributed by atoms with Gasteiger partial charge in [-0.2, -0.15) is 0 Å². The average Bonchev–Trinajstić information content (AvgIpc) is 3.06. The van der Waals surface area contributed by atoms with Gasteiger partial charge in [0.2, 0.25) is 0 Å². The van der Waals surface area contributed by atoms with Crippen molar-refractivity contribution in [3.63, 3.8) is 0 Å². The first-order valence-electron chi connectivity index (χ1n) is 6.66. The highest BCUT2D eigenvalue weighted by Crippen LogP contribution is 2.27. The number of hydrogen-bond acceptors (Lipinski definition) is 4. The van der Waals surface area contributed by atoms with E-state index in [0.29, 0.717) is 5.75 Å². The van der Waals surface area contributed by atoms with Gasteiger partial charge in [-0.05, 0) is 43.6 Å². The van der Waals surface area contributed by atoms with E-state index in [2.05, 4.69) is 15.2 Å². The number of nitrogens with zero attached hydrogens (tertiary/aromatic N) is 2. The summed E-state index contributed by atoms with van der Waals surface area (Å²) in [7, 11) is 0. The van der Waals surface area contributed by atoms with Gasteiger partial charge in [-0.25, -0.2) is 0 Å². The maximum atomic E-state index is 9.41. The summed E-state index contributed by atoms with van der Waals surface area (Å²) >= 11 is 0. The van der Waals surface area contributed by atoms with Gasteiger partial charge in [0.05, 0.1) is 12.6 Å². The van der Waals surface area contributed by atoms with Crippen LogP contribution in [0.4, 0.5) is 0 Å². The van der Waals surface area contributed by atoms with Crippen molar-refractivity contribution in [2.45, 2.75) is 18.9 Å². The molecular weight excluding hydrogens is 226 g/mol. The Morgan fingerprint density at radius 3 is 2.50 bits per heavy atom. The molecule has 0 saturated carbocycles. The van der Waals surface area contributed by atoms with Crippen LogP contribution >= 0.6 is 0 Å². The van der Waals surface area contributed by atoms with Gasteiger partial charge in [-0.1, -0.05) is 12.1 Å². The molecule has 1 saturated heterocycles. The Hall–Kier alpha value is -1.55. The van der Waals surface area contributed by atoms with E-state index in [1.165, 1.54) is 18.4 Å². The van der Waals surface area contributed by atoms with Crippen molar-refractivity contribution < 1.29 is 5.11 Å². The summed E-state index contributed by atoms with van der Waals surface area (Å²) in [5.41, 5.74) is 1.21. The Morgan fingerprint density at radius 1 is 1.17 bits per heavy atom. The topological polar surface area (TPSA) is 47.9 Å². The van der Waals surface area contributed by atoms with Crippen molar-refractivity contribution >= 4 is 5.84 Å². The molecule has 0 spiro atoms. The standard InChI is InChI=1S/C14H19N3O/c18-12-5-3-11(4-6-12)13(14-15-7-8-16-14)17-9-1-2-10-17/h3-6,13,18H,1-2,7-10H2,(H,15,16). The maximum Gasteiger partial charge on any atom is 0.119 e. The van der Waals surface area contributed by atoms with Crippen LogP contribution in [0.5, 0.6) is 5.75 Å². The molecule has 2 aliphatic heterocycles. The quantitative estimate of drug-likeness (QED) is 0.849. The summed E-state index contributed by atoms with van der Waals surface area (Å²) < 4.78 is 0. The number of phenolic OH excluding ortho intramolecular Hbond substituents is 1. The minimum absolute atomic E-state index is 0.232. The summed E-state index contributed by atoms with van der Waals surface area (Å²) in [4.78, 5) is 7.06. The molecule has 18 heavy (non-hydrogen) atoms. The molecule has 1 fully saturated rings. The van der Waals surface area contributed by atoms with Crippen molar-refractivity contribution in [2.75, 3.05) is 26.2 Å². The first kappa shape index (κ1) is 11.5. The fourth-order valence-electron chi connectivity index (χ4n) is 2.80. The number of aliphatic imine (C=N–C) groups is 1. The molecule has 1 unspecified atom stereocenters. The molecule has 0 aliphatic carbocycles. The smallest absolute Gasteiger partial charge is 0.119 e. The minimum atomic E-state index is 0.232. The Bertz CT molecular complexity index is 435. The van der Waals surface area contributed by atoms with E-state index >= 15 is 0 Å². The number of rotatable bonds is 3. The molecule has 0 amide bonds. The highest BCUT2D eigenvalue weighted by Gasteiger charge is 2.29. The average molecular weight is 245 g/mol. The Labute approximate surface area is 107 Å². The molecule has 3 rings (SSSR count). The lowest BCUT2D eigenvalue weighted by Gasteiger charge is -2.28. The number of likely N-dealkylation sites (tertiary alicyclic amines) is 1. The van der Waals surface area contributed by atoms with Gasteiger partial charge in [-0.3, -0.25) is 9.89 Å². The number of benzene rings is 1. The summed E-state index contributed by atoms with van der Waals surface area (Å²) in [5, 5.41) is 12.8. The fourth-order valence-corrected chi connectivity index (χ4v) is 2.80. The number of amidine groups is 1. The van der Waals surface area contributed by atoms with E-state index in [-0.39, 0.29) is 6.04 Å². The van der Waals surface area contributed by atoms with Crippen LogP contribution in [0.2, 0.25) is 0 Å². The molecule has 2 N–H and O–H groups in total. The Balaban J connectivity index is 1.90. The molecule has 4 heteroatoms. The lowest BCUT2D eigenvalue weighted by molar-refractivity contribution is 0.301. The van der Waals surface area contributed by atoms with E-state index in [1.54, 1.807) is 12.1 Å². The minimum Gasteiger partial charge on any atom is -0.508 e. The Morgan fingerprint density at radius 2 is 1.89 bits per heavy atom. The third kappa shape index (κ3) is 2.20. The highest BCUT2D eigenvalue weighted by molar-refractivity contribution is 5.89. The molecule has 0 aromatic heterocycles. The first-order chi connectivity index (χ1) is 8.84. The number of aromatic hydroxyl groups is 1. The molecule has 1 aromatic carbocycles. The first-order valence-corrected chi connectivity index (χ1v) is 6.66. The number of hydrogen-bond donors (Lipinski definition) is 2. The monoisotopic (exact) mass is 245 g/mol. The molecule has 96 valence electrons. The van der Waals surface area contributed by atoms with E-state index < -0.39 is 0 Å². The van der Waals surface area contributed by atoms with Gasteiger partial charge in [0.1, 0.15) is 11.6 Å². The number of nitrogens with one attached hydrogen (secondary N) is 1. The maximum absolute atomic E-state index is 9.41. The van der Waals surface area contributed by atoms with Crippen LogP contribution in [-0.2, 0) is 0 Å². The van der Waals surface area contributed by atoms with Crippen molar-refractivity contribution in [3.8, 4) is 5.75 Å². The van der Waals surface area contributed by atoms with Gasteiger partial charge in [0.25, 0.3) is 0 Å². The SMILES string of the molecule is Oc1ccc(C(C2=NCCN2)N2CCCC2)cc1. The highest BCUT2D eigenvalue weighted by atomic mass is 16.3. The second-order valence-corrected chi connectivity index (χ2v) is 4.93. The third-order valence-corrected chi connectivity index (χ3v) is 3.67. The Kier molecular flexibility index (Phi) is 3.19. The second-order valence-electron chi connectivity index (χ2n) is 4.93. The summed E-state index contributed by atoms with van der Waals surface area (Å²) in [6.45, 7) is 4.08. The normalized spacial score (nSPS) is 21.7. The van der Waals surface area contributed by atoms with E-state index in [9.17, 15) is 5.11 Å². The van der Waals surface area contributed by atoms with Crippen LogP contribution in [0, 0.1) is 0 Å². The van der Waals surface area contributed by atoms with Crippen molar-refractivity contribution in [2.24, 2.45) is 4.99 Å². The van der Waals surface area contributed by atoms with Crippen molar-refractivity contribution in [1.82, 2.24) is 10.2 Å². The fraction of sp³-hybridized carbons (Fsp3) is 0.500. The van der Waals surface area contributed by atoms with Crippen LogP contribution in [0.1, 0.15) is 24.4 Å². The summed E-state index contributed by atoms with van der Waals surface area (Å²) in [5.74, 6) is 1.41. The van der Waals surface area contributed by atoms with E-state index in [1.807, 2.05) is 12.1 Å². The lowest BCUT2D eigenvalue weighted by atomic mass is 10.0. The summed E-state index contributed by atoms with van der Waals surface area (Å²) in [6.07, 6.45) is 2.53. The zero-order valence-electron chi connectivity index (χ0n) is 10.5. The predicted molar refractivity (Wildman–Crippen MR) is 72.0 cm³/mol. The largest absolute Gasteiger partial charge is 0.508 e. The second kappa shape index (κ2) is 4.98. The van der Waals surface area contributed by atoms with Gasteiger partial charge in [-0.15, -0.1) is 0 Å². The van der Waals surface area contributed by atoms with Gasteiger partial charge >= 0.3 is 0 Å². The van der Waals surface area contributed by atoms with Crippen molar-refractivity contribution in [3.05, 3.63) is 29.8 Å². The van der Waals surface area contributed by atoms with E-state index in [4.69, 9.17) is 0 Å². The molecule has 2 aliphatic rings. The van der Waals surface area contributed by atoms with Crippen LogP contribution in [0.15, 0.2) is 29.3 Å². The summed E-state index contributed by atoms with van der Waals surface area (Å²) in [6, 6.07) is 7.75. The van der Waals surface area contributed by atoms with Crippen molar-refractivity contribution in [1.29, 1.82) is 0 Å². The van der Waals surface area contributed by atoms with Gasteiger partial charge < -0.3 is 10.4 Å². The molecule has 4 nitrogen and oxygen atoms in total. The molecule has 0 bridgehead atoms. The third-order valence-electron chi connectivity index (χ3n) is 3.67. The van der Waals surface area contributed by atoms with E-state index in [0.717, 1.165) is 32.0 Å². The number of phenols is 1. The van der Waals surface area contributed by atoms with Gasteiger partial charge in [0, 0.05) is 6.54 Å². The van der Waals surface area contributed by atoms with Gasteiger partial charge in [0.15, 0.2) is 0 Å². The van der Waals surface area contributed by atoms with Crippen LogP contribution in [0.3, 0.4) is 0 Å². The lowest BCUT2D eigenvalue weighted by Crippen LogP contribution is -2.37. The molecular formula is C14H19N3O. The zero-order chi connectivity index (χ0) is 12.4. The molecule has 0 radical (unpaired) electrons. The molecule has 1 aromatic rings. The van der Waals surface area contributed by atoms with Crippen LogP contribution in [0.25, 0.3) is 0 Å². The molecule has 2 heterocycles. The zero-order valence-corrected chi connectivity index (χ0v) is 10.5. The van der Waals surface area contributed by atoms with Crippen LogP contribution < -0.4 is 5.32 Å².